The van der Waals surface area contributed by atoms with Gasteiger partial charge >= 0.3 is 0 Å². The van der Waals surface area contributed by atoms with Gasteiger partial charge in [-0.3, -0.25) is 24.3 Å². The summed E-state index contributed by atoms with van der Waals surface area (Å²) in [6.07, 6.45) is 4.74. The van der Waals surface area contributed by atoms with Crippen LogP contribution < -0.4 is 25.6 Å². The van der Waals surface area contributed by atoms with E-state index in [0.29, 0.717) is 34.2 Å². The molecule has 1 saturated carbocycles. The minimum absolute atomic E-state index is 0.0127. The van der Waals surface area contributed by atoms with Crippen molar-refractivity contribution in [3.63, 3.8) is 0 Å². The van der Waals surface area contributed by atoms with Crippen LogP contribution in [0.4, 0.5) is 23.0 Å². The molecule has 3 aromatic rings. The maximum Gasteiger partial charge on any atom is 0.273 e. The molecule has 1 fully saturated rings. The number of methoxy groups -OCH3 is 1. The lowest BCUT2D eigenvalue weighted by Gasteiger charge is -2.17. The van der Waals surface area contributed by atoms with Gasteiger partial charge in [0.2, 0.25) is 11.8 Å². The Morgan fingerprint density at radius 3 is 2.47 bits per heavy atom. The van der Waals surface area contributed by atoms with Crippen LogP contribution in [0.1, 0.15) is 30.3 Å². The number of amides is 3. The fourth-order valence-electron chi connectivity index (χ4n) is 3.40. The molecule has 3 amide bonds. The molecule has 36 heavy (non-hydrogen) atoms. The SMILES string of the molecule is CNC(=O)c1nnc(NC(=O)C2CC2)cc1Nc1cccc(-c2cnc(N(C)C(C)=O)cn2)c1OC. The van der Waals surface area contributed by atoms with E-state index in [0.717, 1.165) is 12.8 Å². The van der Waals surface area contributed by atoms with E-state index >= 15 is 0 Å². The third-order valence-corrected chi connectivity index (χ3v) is 5.65. The van der Waals surface area contributed by atoms with Crippen molar-refractivity contribution in [3.05, 3.63) is 42.4 Å². The second-order valence-corrected chi connectivity index (χ2v) is 8.18. The third-order valence-electron chi connectivity index (χ3n) is 5.65. The van der Waals surface area contributed by atoms with Crippen LogP contribution in [0.15, 0.2) is 36.7 Å². The number of nitrogens with one attached hydrogen (secondary N) is 3. The predicted molar refractivity (Wildman–Crippen MR) is 133 cm³/mol. The van der Waals surface area contributed by atoms with Crippen LogP contribution in [0.25, 0.3) is 11.3 Å². The highest BCUT2D eigenvalue weighted by atomic mass is 16.5. The van der Waals surface area contributed by atoms with Gasteiger partial charge in [-0.1, -0.05) is 6.07 Å². The highest BCUT2D eigenvalue weighted by Gasteiger charge is 2.30. The molecule has 0 saturated heterocycles. The Labute approximate surface area is 207 Å². The highest BCUT2D eigenvalue weighted by Crippen LogP contribution is 2.38. The first-order valence-corrected chi connectivity index (χ1v) is 11.2. The van der Waals surface area contributed by atoms with Gasteiger partial charge in [-0.05, 0) is 25.0 Å². The molecule has 1 aliphatic carbocycles. The van der Waals surface area contributed by atoms with Crippen molar-refractivity contribution in [2.24, 2.45) is 5.92 Å². The summed E-state index contributed by atoms with van der Waals surface area (Å²) in [5.74, 6) is 0.346. The Kier molecular flexibility index (Phi) is 7.04. The zero-order valence-corrected chi connectivity index (χ0v) is 20.3. The van der Waals surface area contributed by atoms with Crippen molar-refractivity contribution in [1.29, 1.82) is 0 Å². The van der Waals surface area contributed by atoms with Gasteiger partial charge in [0.05, 0.1) is 36.6 Å². The molecule has 2 heterocycles. The van der Waals surface area contributed by atoms with Gasteiger partial charge in [-0.2, -0.15) is 0 Å². The molecule has 0 aliphatic heterocycles. The number of hydrogen-bond acceptors (Lipinski definition) is 9. The Hall–Kier alpha value is -4.61. The summed E-state index contributed by atoms with van der Waals surface area (Å²) < 4.78 is 5.68. The quantitative estimate of drug-likeness (QED) is 0.432. The zero-order chi connectivity index (χ0) is 25.8. The molecule has 4 rings (SSSR count). The minimum Gasteiger partial charge on any atom is -0.494 e. The van der Waals surface area contributed by atoms with Crippen LogP contribution in [0, 0.1) is 5.92 Å². The number of benzene rings is 1. The van der Waals surface area contributed by atoms with Gasteiger partial charge in [-0.25, -0.2) is 4.98 Å². The van der Waals surface area contributed by atoms with Gasteiger partial charge < -0.3 is 20.7 Å². The summed E-state index contributed by atoms with van der Waals surface area (Å²) in [4.78, 5) is 46.4. The maximum absolute atomic E-state index is 12.4. The summed E-state index contributed by atoms with van der Waals surface area (Å²) in [5.41, 5.74) is 2.06. The van der Waals surface area contributed by atoms with Crippen molar-refractivity contribution < 1.29 is 19.1 Å². The number of rotatable bonds is 8. The first-order valence-electron chi connectivity index (χ1n) is 11.2. The highest BCUT2D eigenvalue weighted by molar-refractivity contribution is 6.00. The van der Waals surface area contributed by atoms with Crippen molar-refractivity contribution in [2.45, 2.75) is 19.8 Å². The lowest BCUT2D eigenvalue weighted by molar-refractivity contribution is -0.117. The molecule has 1 aromatic carbocycles. The van der Waals surface area contributed by atoms with Crippen LogP contribution in [0.3, 0.4) is 0 Å². The van der Waals surface area contributed by atoms with Crippen LogP contribution in [-0.4, -0.2) is 59.1 Å². The smallest absolute Gasteiger partial charge is 0.273 e. The second-order valence-electron chi connectivity index (χ2n) is 8.18. The maximum atomic E-state index is 12.4. The number of carbonyl (C=O) groups is 3. The fourth-order valence-corrected chi connectivity index (χ4v) is 3.40. The van der Waals surface area contributed by atoms with E-state index in [9.17, 15) is 14.4 Å². The third kappa shape index (κ3) is 5.22. The number of nitrogens with zero attached hydrogens (tertiary/aromatic N) is 5. The first kappa shape index (κ1) is 24.5. The Morgan fingerprint density at radius 1 is 1.08 bits per heavy atom. The monoisotopic (exact) mass is 490 g/mol. The van der Waals surface area contributed by atoms with E-state index in [1.807, 2.05) is 6.07 Å². The molecule has 3 N–H and O–H groups in total. The van der Waals surface area contributed by atoms with Gasteiger partial charge in [0.15, 0.2) is 23.1 Å². The average molecular weight is 491 g/mol. The topological polar surface area (TPSA) is 151 Å². The molecule has 0 radical (unpaired) electrons. The number of hydrogen-bond donors (Lipinski definition) is 3. The van der Waals surface area contributed by atoms with E-state index in [2.05, 4.69) is 36.1 Å². The van der Waals surface area contributed by atoms with Crippen molar-refractivity contribution in [2.75, 3.05) is 36.7 Å². The van der Waals surface area contributed by atoms with Crippen molar-refractivity contribution in [1.82, 2.24) is 25.5 Å². The standard InChI is InChI=1S/C24H26N8O4/c1-13(33)32(3)20-12-26-18(11-27-20)15-6-5-7-16(22(15)36-4)28-17-10-19(29-23(34)14-8-9-14)30-31-21(17)24(35)25-2/h5-7,10-12,14H,8-9H2,1-4H3,(H,25,35)(H2,28,29,30,34). The number of para-hydroxylation sites is 1. The first-order chi connectivity index (χ1) is 17.3. The van der Waals surface area contributed by atoms with Crippen LogP contribution in [-0.2, 0) is 9.59 Å². The van der Waals surface area contributed by atoms with E-state index < -0.39 is 5.91 Å². The molecule has 0 spiro atoms. The lowest BCUT2D eigenvalue weighted by Crippen LogP contribution is -2.23. The van der Waals surface area contributed by atoms with E-state index in [4.69, 9.17) is 4.74 Å². The van der Waals surface area contributed by atoms with Gasteiger partial charge in [0.1, 0.15) is 0 Å². The zero-order valence-electron chi connectivity index (χ0n) is 20.3. The van der Waals surface area contributed by atoms with Crippen molar-refractivity contribution in [3.8, 4) is 17.0 Å². The fraction of sp³-hybridized carbons (Fsp3) is 0.292. The summed E-state index contributed by atoms with van der Waals surface area (Å²) in [6.45, 7) is 1.44. The molecule has 0 unspecified atom stereocenters. The van der Waals surface area contributed by atoms with Crippen molar-refractivity contribution >= 4 is 40.7 Å². The lowest BCUT2D eigenvalue weighted by atomic mass is 10.1. The summed E-state index contributed by atoms with van der Waals surface area (Å²) in [7, 11) is 4.62. The van der Waals surface area contributed by atoms with Gasteiger partial charge in [-0.15, -0.1) is 10.2 Å². The van der Waals surface area contributed by atoms with Crippen LogP contribution in [0.5, 0.6) is 5.75 Å². The van der Waals surface area contributed by atoms with Crippen LogP contribution >= 0.6 is 0 Å². The number of anilines is 4. The predicted octanol–water partition coefficient (Wildman–Crippen LogP) is 2.38. The molecule has 2 aromatic heterocycles. The molecule has 186 valence electrons. The molecule has 12 nitrogen and oxygen atoms in total. The van der Waals surface area contributed by atoms with E-state index in [-0.39, 0.29) is 29.2 Å². The van der Waals surface area contributed by atoms with Crippen LogP contribution in [0.2, 0.25) is 0 Å². The molecular formula is C24H26N8O4. The van der Waals surface area contributed by atoms with E-state index in [1.165, 1.54) is 32.2 Å². The normalized spacial score (nSPS) is 12.4. The van der Waals surface area contributed by atoms with E-state index in [1.54, 1.807) is 31.4 Å². The summed E-state index contributed by atoms with van der Waals surface area (Å²) in [5, 5.41) is 16.5. The largest absolute Gasteiger partial charge is 0.494 e. The molecule has 1 aliphatic rings. The second kappa shape index (κ2) is 10.3. The molecule has 12 heteroatoms. The summed E-state index contributed by atoms with van der Waals surface area (Å²) >= 11 is 0. The minimum atomic E-state index is -0.448. The van der Waals surface area contributed by atoms with Gasteiger partial charge in [0, 0.05) is 38.6 Å². The number of carbonyl (C=O) groups excluding carboxylic acids is 3. The Morgan fingerprint density at radius 2 is 1.86 bits per heavy atom. The molecular weight excluding hydrogens is 464 g/mol. The number of ether oxygens (including phenoxy) is 1. The Bertz CT molecular complexity index is 1310. The average Bonchev–Trinajstić information content (AvgIpc) is 3.74. The summed E-state index contributed by atoms with van der Waals surface area (Å²) in [6, 6.07) is 6.93. The molecule has 0 atom stereocenters. The molecule has 0 bridgehead atoms. The Balaban J connectivity index is 1.68. The number of aromatic nitrogens is 4. The van der Waals surface area contributed by atoms with Gasteiger partial charge in [0.25, 0.3) is 5.91 Å².